The molecular weight excluding hydrogens is 667 g/mol. The summed E-state index contributed by atoms with van der Waals surface area (Å²) < 4.78 is 4.88. The lowest BCUT2D eigenvalue weighted by Gasteiger charge is -2.26. The van der Waals surface area contributed by atoms with Gasteiger partial charge in [0.2, 0.25) is 0 Å². The summed E-state index contributed by atoms with van der Waals surface area (Å²) in [6, 6.07) is 76.8. The molecule has 9 aromatic carbocycles. The van der Waals surface area contributed by atoms with Crippen molar-refractivity contribution < 1.29 is 0 Å². The molecule has 0 aliphatic rings. The summed E-state index contributed by atoms with van der Waals surface area (Å²) in [6.45, 7) is 0. The van der Waals surface area contributed by atoms with Crippen LogP contribution in [0.25, 0.3) is 76.9 Å². The topological polar surface area (TPSA) is 13.1 Å². The number of hydrogen-bond donors (Lipinski definition) is 0. The fraction of sp³-hybridized carbons (Fsp3) is 0. The van der Waals surface area contributed by atoms with Crippen LogP contribution in [0.2, 0.25) is 0 Å². The van der Waals surface area contributed by atoms with Crippen molar-refractivity contribution in [2.24, 2.45) is 0 Å². The number of fused-ring (bicyclic) bond motifs is 8. The molecule has 2 aromatic heterocycles. The standard InChI is InChI=1S/C52H35N3/c1-4-15-36(16-5-1)37-27-30-41(31-28-37)53(39-18-6-2-7-19-39)42-22-14-23-43(33-42)55-48-26-13-12-25-45(48)46-34-47-51(35-50(46)55)54(40-20-8-3-9-21-40)49-32-29-38-17-10-11-24-44(38)52(47)49/h1-35H. The van der Waals surface area contributed by atoms with Crippen LogP contribution in [0.15, 0.2) is 212 Å². The lowest BCUT2D eigenvalue weighted by atomic mass is 10.0. The van der Waals surface area contributed by atoms with E-state index in [1.807, 2.05) is 0 Å². The minimum Gasteiger partial charge on any atom is -0.310 e. The minimum atomic E-state index is 1.09. The molecule has 0 N–H and O–H groups in total. The van der Waals surface area contributed by atoms with Crippen LogP contribution in [0, 0.1) is 0 Å². The summed E-state index contributed by atoms with van der Waals surface area (Å²) >= 11 is 0. The van der Waals surface area contributed by atoms with Gasteiger partial charge in [0, 0.05) is 50.0 Å². The molecule has 0 aliphatic carbocycles. The van der Waals surface area contributed by atoms with Crippen LogP contribution in [-0.4, -0.2) is 9.13 Å². The fourth-order valence-corrected chi connectivity index (χ4v) is 8.61. The number of hydrogen-bond acceptors (Lipinski definition) is 1. The first-order valence-corrected chi connectivity index (χ1v) is 18.9. The van der Waals surface area contributed by atoms with E-state index in [0.717, 1.165) is 28.4 Å². The fourth-order valence-electron chi connectivity index (χ4n) is 8.61. The number of para-hydroxylation sites is 3. The number of nitrogens with zero attached hydrogens (tertiary/aromatic N) is 3. The Balaban J connectivity index is 1.15. The van der Waals surface area contributed by atoms with Gasteiger partial charge in [0.05, 0.1) is 22.1 Å². The predicted octanol–water partition coefficient (Wildman–Crippen LogP) is 14.2. The van der Waals surface area contributed by atoms with Crippen molar-refractivity contribution >= 4 is 71.4 Å². The molecule has 11 rings (SSSR count). The number of benzene rings is 9. The Morgan fingerprint density at radius 1 is 0.291 bits per heavy atom. The molecule has 0 spiro atoms. The summed E-state index contributed by atoms with van der Waals surface area (Å²) in [5.41, 5.74) is 12.7. The van der Waals surface area contributed by atoms with Crippen LogP contribution in [0.5, 0.6) is 0 Å². The molecule has 3 heteroatoms. The maximum atomic E-state index is 2.44. The Hall–Kier alpha value is -7.36. The molecule has 0 unspecified atom stereocenters. The zero-order valence-electron chi connectivity index (χ0n) is 30.0. The number of aromatic nitrogens is 2. The lowest BCUT2D eigenvalue weighted by Crippen LogP contribution is -2.10. The molecule has 0 aliphatic heterocycles. The first kappa shape index (κ1) is 31.2. The second-order valence-electron chi connectivity index (χ2n) is 14.2. The highest BCUT2D eigenvalue weighted by molar-refractivity contribution is 6.25. The summed E-state index contributed by atoms with van der Waals surface area (Å²) in [5.74, 6) is 0. The molecule has 0 radical (unpaired) electrons. The third kappa shape index (κ3) is 5.05. The quantitative estimate of drug-likeness (QED) is 0.168. The smallest absolute Gasteiger partial charge is 0.0562 e. The van der Waals surface area contributed by atoms with Crippen molar-refractivity contribution in [3.05, 3.63) is 212 Å². The number of rotatable bonds is 6. The third-order valence-electron chi connectivity index (χ3n) is 11.1. The van der Waals surface area contributed by atoms with Crippen molar-refractivity contribution in [2.45, 2.75) is 0 Å². The van der Waals surface area contributed by atoms with Gasteiger partial charge in [-0.2, -0.15) is 0 Å². The van der Waals surface area contributed by atoms with Gasteiger partial charge in [-0.1, -0.05) is 133 Å². The molecule has 11 aromatic rings. The second kappa shape index (κ2) is 12.6. The van der Waals surface area contributed by atoms with Crippen LogP contribution in [0.4, 0.5) is 17.1 Å². The van der Waals surface area contributed by atoms with Crippen LogP contribution in [0.1, 0.15) is 0 Å². The van der Waals surface area contributed by atoms with Crippen LogP contribution < -0.4 is 4.90 Å². The van der Waals surface area contributed by atoms with E-state index in [0.29, 0.717) is 0 Å². The Kier molecular flexibility index (Phi) is 7.17. The van der Waals surface area contributed by atoms with E-state index in [4.69, 9.17) is 0 Å². The minimum absolute atomic E-state index is 1.09. The second-order valence-corrected chi connectivity index (χ2v) is 14.2. The first-order chi connectivity index (χ1) is 27.3. The van der Waals surface area contributed by atoms with Crippen molar-refractivity contribution in [1.29, 1.82) is 0 Å². The third-order valence-corrected chi connectivity index (χ3v) is 11.1. The van der Waals surface area contributed by atoms with Crippen LogP contribution >= 0.6 is 0 Å². The van der Waals surface area contributed by atoms with E-state index >= 15 is 0 Å². The van der Waals surface area contributed by atoms with E-state index in [9.17, 15) is 0 Å². The molecule has 0 amide bonds. The first-order valence-electron chi connectivity index (χ1n) is 18.9. The summed E-state index contributed by atoms with van der Waals surface area (Å²) in [5, 5.41) is 7.54. The van der Waals surface area contributed by atoms with Gasteiger partial charge in [-0.05, 0) is 101 Å². The summed E-state index contributed by atoms with van der Waals surface area (Å²) in [6.07, 6.45) is 0. The molecule has 0 saturated carbocycles. The highest BCUT2D eigenvalue weighted by Gasteiger charge is 2.21. The SMILES string of the molecule is c1ccc(-c2ccc(N(c3ccccc3)c3cccc(-n4c5ccccc5c5cc6c7c8ccccc8ccc7n(-c7ccccc7)c6cc54)c3)cc2)cc1. The molecule has 0 fully saturated rings. The van der Waals surface area contributed by atoms with E-state index in [1.165, 1.54) is 65.5 Å². The van der Waals surface area contributed by atoms with Gasteiger partial charge in [0.1, 0.15) is 0 Å². The molecule has 0 bridgehead atoms. The van der Waals surface area contributed by atoms with Crippen molar-refractivity contribution in [2.75, 3.05) is 4.90 Å². The predicted molar refractivity (Wildman–Crippen MR) is 233 cm³/mol. The van der Waals surface area contributed by atoms with E-state index < -0.39 is 0 Å². The Labute approximate surface area is 319 Å². The van der Waals surface area contributed by atoms with Gasteiger partial charge >= 0.3 is 0 Å². The zero-order valence-corrected chi connectivity index (χ0v) is 30.0. The summed E-state index contributed by atoms with van der Waals surface area (Å²) in [4.78, 5) is 2.35. The molecule has 3 nitrogen and oxygen atoms in total. The summed E-state index contributed by atoms with van der Waals surface area (Å²) in [7, 11) is 0. The Morgan fingerprint density at radius 2 is 0.873 bits per heavy atom. The van der Waals surface area contributed by atoms with Crippen LogP contribution in [0.3, 0.4) is 0 Å². The van der Waals surface area contributed by atoms with Gasteiger partial charge < -0.3 is 14.0 Å². The van der Waals surface area contributed by atoms with E-state index in [-0.39, 0.29) is 0 Å². The van der Waals surface area contributed by atoms with Gasteiger partial charge in [-0.25, -0.2) is 0 Å². The lowest BCUT2D eigenvalue weighted by molar-refractivity contribution is 1.16. The Bertz CT molecular complexity index is 3180. The maximum Gasteiger partial charge on any atom is 0.0562 e. The maximum absolute atomic E-state index is 2.44. The van der Waals surface area contributed by atoms with Gasteiger partial charge in [-0.15, -0.1) is 0 Å². The van der Waals surface area contributed by atoms with E-state index in [1.54, 1.807) is 0 Å². The van der Waals surface area contributed by atoms with E-state index in [2.05, 4.69) is 226 Å². The number of anilines is 3. The molecule has 2 heterocycles. The normalized spacial score (nSPS) is 11.6. The highest BCUT2D eigenvalue weighted by atomic mass is 15.1. The average Bonchev–Trinajstić information content (AvgIpc) is 3.76. The molecule has 55 heavy (non-hydrogen) atoms. The molecule has 258 valence electrons. The van der Waals surface area contributed by atoms with Crippen molar-refractivity contribution in [3.63, 3.8) is 0 Å². The monoisotopic (exact) mass is 701 g/mol. The van der Waals surface area contributed by atoms with Gasteiger partial charge in [0.15, 0.2) is 0 Å². The van der Waals surface area contributed by atoms with Gasteiger partial charge in [-0.3, -0.25) is 0 Å². The highest BCUT2D eigenvalue weighted by Crippen LogP contribution is 2.43. The molecule has 0 atom stereocenters. The molecular formula is C52H35N3. The average molecular weight is 702 g/mol. The zero-order chi connectivity index (χ0) is 36.3. The largest absolute Gasteiger partial charge is 0.310 e. The van der Waals surface area contributed by atoms with Crippen LogP contribution in [-0.2, 0) is 0 Å². The van der Waals surface area contributed by atoms with Gasteiger partial charge in [0.25, 0.3) is 0 Å². The molecule has 0 saturated heterocycles. The Morgan fingerprint density at radius 3 is 1.67 bits per heavy atom. The van der Waals surface area contributed by atoms with Crippen molar-refractivity contribution in [3.8, 4) is 22.5 Å². The van der Waals surface area contributed by atoms with Crippen molar-refractivity contribution in [1.82, 2.24) is 9.13 Å².